The molecular formula is C12H15BrO3S. The van der Waals surface area contributed by atoms with Crippen LogP contribution in [-0.4, -0.2) is 22.0 Å². The number of halogens is 1. The standard InChI is InChI=1S/C12H15BrO3S/c1-3-11(12(14)16-4-2)17(15)10-7-5-9(13)6-8-10/h5-8,11H,3-4H2,1-2H3. The fourth-order valence-corrected chi connectivity index (χ4v) is 2.92. The number of esters is 1. The van der Waals surface area contributed by atoms with Crippen LogP contribution in [0.2, 0.25) is 0 Å². The van der Waals surface area contributed by atoms with Crippen molar-refractivity contribution in [2.45, 2.75) is 30.4 Å². The molecule has 0 fully saturated rings. The highest BCUT2D eigenvalue weighted by atomic mass is 79.9. The third-order valence-electron chi connectivity index (χ3n) is 2.22. The molecule has 0 aliphatic carbocycles. The van der Waals surface area contributed by atoms with E-state index in [-0.39, 0.29) is 0 Å². The average molecular weight is 319 g/mol. The quantitative estimate of drug-likeness (QED) is 0.784. The van der Waals surface area contributed by atoms with Crippen LogP contribution in [0.1, 0.15) is 20.3 Å². The van der Waals surface area contributed by atoms with E-state index in [1.54, 1.807) is 19.1 Å². The van der Waals surface area contributed by atoms with E-state index in [9.17, 15) is 9.00 Å². The van der Waals surface area contributed by atoms with E-state index in [2.05, 4.69) is 15.9 Å². The molecule has 0 spiro atoms. The monoisotopic (exact) mass is 318 g/mol. The van der Waals surface area contributed by atoms with Crippen LogP contribution in [0.5, 0.6) is 0 Å². The normalized spacial score (nSPS) is 14.1. The molecule has 94 valence electrons. The molecule has 17 heavy (non-hydrogen) atoms. The van der Waals surface area contributed by atoms with Crippen molar-refractivity contribution in [3.05, 3.63) is 28.7 Å². The van der Waals surface area contributed by atoms with Crippen molar-refractivity contribution in [3.63, 3.8) is 0 Å². The number of benzene rings is 1. The maximum Gasteiger partial charge on any atom is 0.322 e. The molecule has 0 heterocycles. The van der Waals surface area contributed by atoms with Gasteiger partial charge < -0.3 is 4.74 Å². The first-order valence-corrected chi connectivity index (χ1v) is 7.43. The summed E-state index contributed by atoms with van der Waals surface area (Å²) in [6.07, 6.45) is 0.501. The van der Waals surface area contributed by atoms with Gasteiger partial charge in [-0.15, -0.1) is 0 Å². The van der Waals surface area contributed by atoms with Crippen LogP contribution in [0.4, 0.5) is 0 Å². The maximum absolute atomic E-state index is 12.2. The zero-order chi connectivity index (χ0) is 12.8. The summed E-state index contributed by atoms with van der Waals surface area (Å²) in [5.74, 6) is -0.392. The Bertz CT molecular complexity index is 403. The molecule has 0 aromatic heterocycles. The third kappa shape index (κ3) is 3.92. The van der Waals surface area contributed by atoms with E-state index >= 15 is 0 Å². The van der Waals surface area contributed by atoms with Crippen LogP contribution in [0.25, 0.3) is 0 Å². The van der Waals surface area contributed by atoms with Crippen molar-refractivity contribution in [1.29, 1.82) is 0 Å². The van der Waals surface area contributed by atoms with Crippen molar-refractivity contribution >= 4 is 32.7 Å². The Balaban J connectivity index is 2.86. The lowest BCUT2D eigenvalue weighted by Crippen LogP contribution is -2.27. The maximum atomic E-state index is 12.2. The summed E-state index contributed by atoms with van der Waals surface area (Å²) in [5.41, 5.74) is 0. The minimum Gasteiger partial charge on any atom is -0.465 e. The van der Waals surface area contributed by atoms with Crippen molar-refractivity contribution in [2.75, 3.05) is 6.61 Å². The molecule has 0 radical (unpaired) electrons. The first-order chi connectivity index (χ1) is 8.10. The van der Waals surface area contributed by atoms with Crippen LogP contribution >= 0.6 is 15.9 Å². The summed E-state index contributed by atoms with van der Waals surface area (Å²) in [4.78, 5) is 12.3. The summed E-state index contributed by atoms with van der Waals surface area (Å²) < 4.78 is 18.0. The summed E-state index contributed by atoms with van der Waals surface area (Å²) in [6.45, 7) is 3.89. The minimum atomic E-state index is -1.36. The zero-order valence-corrected chi connectivity index (χ0v) is 12.2. The molecule has 2 unspecified atom stereocenters. The summed E-state index contributed by atoms with van der Waals surface area (Å²) in [5, 5.41) is -0.587. The highest BCUT2D eigenvalue weighted by Crippen LogP contribution is 2.18. The number of carbonyl (C=O) groups is 1. The molecule has 2 atom stereocenters. The van der Waals surface area contributed by atoms with E-state index in [1.807, 2.05) is 19.1 Å². The molecule has 0 saturated heterocycles. The van der Waals surface area contributed by atoms with Crippen LogP contribution in [0, 0.1) is 0 Å². The van der Waals surface area contributed by atoms with Crippen molar-refractivity contribution < 1.29 is 13.7 Å². The molecule has 1 rings (SSSR count). The predicted octanol–water partition coefficient (Wildman–Crippen LogP) is 2.90. The van der Waals surface area contributed by atoms with E-state index in [0.717, 1.165) is 4.47 Å². The minimum absolute atomic E-state index is 0.312. The second-order valence-electron chi connectivity index (χ2n) is 3.40. The lowest BCUT2D eigenvalue weighted by Gasteiger charge is -2.13. The SMILES string of the molecule is CCOC(=O)C(CC)S(=O)c1ccc(Br)cc1. The van der Waals surface area contributed by atoms with Crippen LogP contribution in [-0.2, 0) is 20.3 Å². The molecule has 0 N–H and O–H groups in total. The van der Waals surface area contributed by atoms with E-state index in [4.69, 9.17) is 4.74 Å². The van der Waals surface area contributed by atoms with Gasteiger partial charge in [0.05, 0.1) is 17.4 Å². The van der Waals surface area contributed by atoms with Crippen LogP contribution in [0.15, 0.2) is 33.6 Å². The second-order valence-corrected chi connectivity index (χ2v) is 5.95. The average Bonchev–Trinajstić information content (AvgIpc) is 2.31. The molecular weight excluding hydrogens is 304 g/mol. The number of hydrogen-bond acceptors (Lipinski definition) is 3. The number of carbonyl (C=O) groups excluding carboxylic acids is 1. The summed E-state index contributed by atoms with van der Waals surface area (Å²) in [6, 6.07) is 7.13. The zero-order valence-electron chi connectivity index (χ0n) is 9.81. The van der Waals surface area contributed by atoms with Gasteiger partial charge in [0.25, 0.3) is 0 Å². The molecule has 0 aliphatic heterocycles. The lowest BCUT2D eigenvalue weighted by molar-refractivity contribution is -0.142. The fraction of sp³-hybridized carbons (Fsp3) is 0.417. The molecule has 0 saturated carbocycles. The van der Waals surface area contributed by atoms with Crippen LogP contribution < -0.4 is 0 Å². The highest BCUT2D eigenvalue weighted by Gasteiger charge is 2.25. The Morgan fingerprint density at radius 2 is 1.94 bits per heavy atom. The smallest absolute Gasteiger partial charge is 0.322 e. The Morgan fingerprint density at radius 1 is 1.35 bits per heavy atom. The first-order valence-electron chi connectivity index (χ1n) is 5.42. The molecule has 3 nitrogen and oxygen atoms in total. The second kappa shape index (κ2) is 6.91. The van der Waals surface area contributed by atoms with Crippen molar-refractivity contribution in [2.24, 2.45) is 0 Å². The Kier molecular flexibility index (Phi) is 5.85. The van der Waals surface area contributed by atoms with Crippen LogP contribution in [0.3, 0.4) is 0 Å². The molecule has 0 amide bonds. The molecule has 0 aliphatic rings. The van der Waals surface area contributed by atoms with Crippen molar-refractivity contribution in [3.8, 4) is 0 Å². The molecule has 0 bridgehead atoms. The van der Waals surface area contributed by atoms with Gasteiger partial charge in [0.15, 0.2) is 0 Å². The first kappa shape index (κ1) is 14.4. The van der Waals surface area contributed by atoms with Gasteiger partial charge in [0, 0.05) is 9.37 Å². The molecule has 5 heteroatoms. The summed E-state index contributed by atoms with van der Waals surface area (Å²) >= 11 is 3.31. The van der Waals surface area contributed by atoms with Gasteiger partial charge in [-0.2, -0.15) is 0 Å². The Morgan fingerprint density at radius 3 is 2.41 bits per heavy atom. The molecule has 1 aromatic rings. The van der Waals surface area contributed by atoms with Gasteiger partial charge in [-0.1, -0.05) is 22.9 Å². The van der Waals surface area contributed by atoms with E-state index in [0.29, 0.717) is 17.9 Å². The fourth-order valence-electron chi connectivity index (χ4n) is 1.37. The third-order valence-corrected chi connectivity index (χ3v) is 4.53. The largest absolute Gasteiger partial charge is 0.465 e. The number of ether oxygens (including phenoxy) is 1. The Labute approximate surface area is 112 Å². The Hall–Kier alpha value is -0.680. The topological polar surface area (TPSA) is 43.4 Å². The van der Waals surface area contributed by atoms with E-state index in [1.165, 1.54) is 0 Å². The predicted molar refractivity (Wildman–Crippen MR) is 71.3 cm³/mol. The summed E-state index contributed by atoms with van der Waals surface area (Å²) in [7, 11) is -1.36. The van der Waals surface area contributed by atoms with Gasteiger partial charge in [0.2, 0.25) is 0 Å². The highest BCUT2D eigenvalue weighted by molar-refractivity contribution is 9.10. The van der Waals surface area contributed by atoms with Crippen molar-refractivity contribution in [1.82, 2.24) is 0 Å². The van der Waals surface area contributed by atoms with Gasteiger partial charge in [-0.3, -0.25) is 9.00 Å². The lowest BCUT2D eigenvalue weighted by atomic mass is 10.3. The van der Waals surface area contributed by atoms with Gasteiger partial charge in [-0.05, 0) is 37.6 Å². The van der Waals surface area contributed by atoms with Gasteiger partial charge >= 0.3 is 5.97 Å². The number of rotatable bonds is 5. The van der Waals surface area contributed by atoms with E-state index < -0.39 is 22.0 Å². The number of hydrogen-bond donors (Lipinski definition) is 0. The van der Waals surface area contributed by atoms with Gasteiger partial charge in [0.1, 0.15) is 5.25 Å². The molecule has 1 aromatic carbocycles. The van der Waals surface area contributed by atoms with Gasteiger partial charge in [-0.25, -0.2) is 0 Å².